The molecule has 0 spiro atoms. The Morgan fingerprint density at radius 1 is 0.833 bits per heavy atom. The van der Waals surface area contributed by atoms with Gasteiger partial charge in [0, 0.05) is 0 Å². The van der Waals surface area contributed by atoms with E-state index in [-0.39, 0.29) is 0 Å². The van der Waals surface area contributed by atoms with E-state index in [0.29, 0.717) is 0 Å². The first-order valence-corrected chi connectivity index (χ1v) is 6.89. The first kappa shape index (κ1) is 11.5. The van der Waals surface area contributed by atoms with Crippen LogP contribution in [0.3, 0.4) is 0 Å². The van der Waals surface area contributed by atoms with Crippen molar-refractivity contribution in [3.05, 3.63) is 63.8 Å². The Hall–Kier alpha value is -1.56. The van der Waals surface area contributed by atoms with Crippen LogP contribution in [0.4, 0.5) is 0 Å². The van der Waals surface area contributed by atoms with E-state index in [0.717, 1.165) is 0 Å². The first-order chi connectivity index (χ1) is 8.72. The number of allylic oxidation sites excluding steroid dienone is 5. The Bertz CT molecular complexity index is 568. The van der Waals surface area contributed by atoms with E-state index < -0.39 is 0 Å². The molecule has 0 heterocycles. The lowest BCUT2D eigenvalue weighted by Crippen LogP contribution is -2.03. The Morgan fingerprint density at radius 3 is 2.44 bits per heavy atom. The van der Waals surface area contributed by atoms with Crippen LogP contribution in [0.15, 0.2) is 47.1 Å². The fourth-order valence-electron chi connectivity index (χ4n) is 2.88. The van der Waals surface area contributed by atoms with Crippen molar-refractivity contribution in [2.45, 2.75) is 39.5 Å². The number of hydrogen-bond donors (Lipinski definition) is 0. The van der Waals surface area contributed by atoms with Crippen molar-refractivity contribution in [3.8, 4) is 0 Å². The van der Waals surface area contributed by atoms with Gasteiger partial charge in [0.1, 0.15) is 0 Å². The zero-order valence-electron chi connectivity index (χ0n) is 11.3. The van der Waals surface area contributed by atoms with E-state index in [1.54, 1.807) is 11.1 Å². The molecule has 92 valence electrons. The molecule has 0 bridgehead atoms. The second-order valence-corrected chi connectivity index (χ2v) is 5.58. The third kappa shape index (κ3) is 2.20. The van der Waals surface area contributed by atoms with Crippen LogP contribution in [0.25, 0.3) is 6.08 Å². The maximum atomic E-state index is 2.40. The molecule has 0 nitrogen and oxygen atoms in total. The van der Waals surface area contributed by atoms with Gasteiger partial charge in [0.2, 0.25) is 0 Å². The predicted octanol–water partition coefficient (Wildman–Crippen LogP) is 4.99. The third-order valence-corrected chi connectivity index (χ3v) is 4.06. The lowest BCUT2D eigenvalue weighted by atomic mass is 9.84. The highest BCUT2D eigenvalue weighted by Crippen LogP contribution is 2.32. The molecule has 2 aliphatic rings. The predicted molar refractivity (Wildman–Crippen MR) is 78.6 cm³/mol. The van der Waals surface area contributed by atoms with Crippen LogP contribution in [0.2, 0.25) is 0 Å². The molecule has 0 saturated carbocycles. The van der Waals surface area contributed by atoms with Gasteiger partial charge in [-0.2, -0.15) is 0 Å². The van der Waals surface area contributed by atoms with Gasteiger partial charge in [-0.1, -0.05) is 47.6 Å². The lowest BCUT2D eigenvalue weighted by molar-refractivity contribution is 0.861. The summed E-state index contributed by atoms with van der Waals surface area (Å²) in [4.78, 5) is 0. The molecule has 18 heavy (non-hydrogen) atoms. The first-order valence-electron chi connectivity index (χ1n) is 6.89. The highest BCUT2D eigenvalue weighted by molar-refractivity contribution is 5.65. The van der Waals surface area contributed by atoms with Gasteiger partial charge in [0.25, 0.3) is 0 Å². The molecule has 0 aromatic heterocycles. The van der Waals surface area contributed by atoms with Gasteiger partial charge in [0.15, 0.2) is 0 Å². The number of rotatable bonds is 1. The normalized spacial score (nSPS) is 18.7. The average Bonchev–Trinajstić information content (AvgIpc) is 2.39. The third-order valence-electron chi connectivity index (χ3n) is 4.06. The van der Waals surface area contributed by atoms with Crippen LogP contribution in [0.5, 0.6) is 0 Å². The number of aryl methyl sites for hydroxylation is 2. The number of benzene rings is 1. The number of hydrogen-bond acceptors (Lipinski definition) is 0. The van der Waals surface area contributed by atoms with E-state index in [9.17, 15) is 0 Å². The van der Waals surface area contributed by atoms with Crippen LogP contribution in [0, 0.1) is 6.92 Å². The van der Waals surface area contributed by atoms with Crippen LogP contribution >= 0.6 is 0 Å². The Kier molecular flexibility index (Phi) is 2.95. The molecule has 0 N–H and O–H groups in total. The molecule has 0 atom stereocenters. The van der Waals surface area contributed by atoms with Gasteiger partial charge in [-0.05, 0) is 61.8 Å². The molecule has 0 radical (unpaired) electrons. The van der Waals surface area contributed by atoms with Gasteiger partial charge < -0.3 is 0 Å². The SMILES string of the molecule is CC1=CC=C(C2=Cc3ccc(C)cc3CC2)CC1. The molecular weight excluding hydrogens is 216 g/mol. The second kappa shape index (κ2) is 4.61. The summed E-state index contributed by atoms with van der Waals surface area (Å²) in [6.07, 6.45) is 11.9. The lowest BCUT2D eigenvalue weighted by Gasteiger charge is -2.21. The Labute approximate surface area is 110 Å². The van der Waals surface area contributed by atoms with E-state index in [2.05, 4.69) is 50.3 Å². The van der Waals surface area contributed by atoms with Crippen LogP contribution in [-0.2, 0) is 6.42 Å². The summed E-state index contributed by atoms with van der Waals surface area (Å²) >= 11 is 0. The molecular formula is C18H20. The maximum Gasteiger partial charge on any atom is -0.0221 e. The molecule has 0 saturated heterocycles. The summed E-state index contributed by atoms with van der Waals surface area (Å²) < 4.78 is 0. The number of fused-ring (bicyclic) bond motifs is 1. The highest BCUT2D eigenvalue weighted by atomic mass is 14.2. The summed E-state index contributed by atoms with van der Waals surface area (Å²) in [7, 11) is 0. The van der Waals surface area contributed by atoms with Crippen LogP contribution < -0.4 is 0 Å². The summed E-state index contributed by atoms with van der Waals surface area (Å²) in [6.45, 7) is 4.40. The van der Waals surface area contributed by atoms with E-state index in [4.69, 9.17) is 0 Å². The van der Waals surface area contributed by atoms with Crippen LogP contribution in [-0.4, -0.2) is 0 Å². The van der Waals surface area contributed by atoms with Gasteiger partial charge in [-0.15, -0.1) is 0 Å². The zero-order valence-corrected chi connectivity index (χ0v) is 11.3. The molecule has 0 amide bonds. The van der Waals surface area contributed by atoms with Crippen molar-refractivity contribution in [1.29, 1.82) is 0 Å². The molecule has 1 aromatic rings. The zero-order chi connectivity index (χ0) is 12.5. The molecule has 3 rings (SSSR count). The minimum atomic E-state index is 1.20. The van der Waals surface area contributed by atoms with E-state index >= 15 is 0 Å². The summed E-state index contributed by atoms with van der Waals surface area (Å²) in [5, 5.41) is 0. The van der Waals surface area contributed by atoms with Crippen molar-refractivity contribution in [3.63, 3.8) is 0 Å². The van der Waals surface area contributed by atoms with Gasteiger partial charge in [-0.3, -0.25) is 0 Å². The summed E-state index contributed by atoms with van der Waals surface area (Å²) in [5.41, 5.74) is 8.92. The van der Waals surface area contributed by atoms with Crippen molar-refractivity contribution in [2.24, 2.45) is 0 Å². The summed E-state index contributed by atoms with van der Waals surface area (Å²) in [5.74, 6) is 0. The molecule has 0 unspecified atom stereocenters. The summed E-state index contributed by atoms with van der Waals surface area (Å²) in [6, 6.07) is 6.83. The fraction of sp³-hybridized carbons (Fsp3) is 0.333. The van der Waals surface area contributed by atoms with Crippen molar-refractivity contribution in [1.82, 2.24) is 0 Å². The second-order valence-electron chi connectivity index (χ2n) is 5.58. The minimum Gasteiger partial charge on any atom is -0.0730 e. The maximum absolute atomic E-state index is 2.40. The Balaban J connectivity index is 1.94. The van der Waals surface area contributed by atoms with Crippen molar-refractivity contribution >= 4 is 6.08 Å². The fourth-order valence-corrected chi connectivity index (χ4v) is 2.88. The monoisotopic (exact) mass is 236 g/mol. The highest BCUT2D eigenvalue weighted by Gasteiger charge is 2.14. The van der Waals surface area contributed by atoms with Crippen molar-refractivity contribution < 1.29 is 0 Å². The molecule has 0 aliphatic heterocycles. The van der Waals surface area contributed by atoms with Gasteiger partial charge in [-0.25, -0.2) is 0 Å². The standard InChI is InChI=1S/C18H20/c1-13-3-6-15(7-4-13)17-10-9-16-11-14(2)5-8-18(16)12-17/h3,5-6,8,11-12H,4,7,9-10H2,1-2H3. The average molecular weight is 236 g/mol. The van der Waals surface area contributed by atoms with Crippen LogP contribution in [0.1, 0.15) is 42.9 Å². The minimum absolute atomic E-state index is 1.20. The topological polar surface area (TPSA) is 0 Å². The molecule has 1 aromatic carbocycles. The Morgan fingerprint density at radius 2 is 1.67 bits per heavy atom. The van der Waals surface area contributed by atoms with Crippen molar-refractivity contribution in [2.75, 3.05) is 0 Å². The molecule has 2 aliphatic carbocycles. The molecule has 0 heteroatoms. The van der Waals surface area contributed by atoms with Gasteiger partial charge >= 0.3 is 0 Å². The quantitative estimate of drug-likeness (QED) is 0.644. The van der Waals surface area contributed by atoms with E-state index in [1.807, 2.05) is 0 Å². The largest absolute Gasteiger partial charge is 0.0730 e. The van der Waals surface area contributed by atoms with Gasteiger partial charge in [0.05, 0.1) is 0 Å². The van der Waals surface area contributed by atoms with E-state index in [1.165, 1.54) is 47.9 Å². The smallest absolute Gasteiger partial charge is 0.0221 e. The molecule has 0 fully saturated rings.